The fourth-order valence-corrected chi connectivity index (χ4v) is 3.57. The van der Waals surface area contributed by atoms with Crippen molar-refractivity contribution in [2.45, 2.75) is 57.6 Å². The highest BCUT2D eigenvalue weighted by molar-refractivity contribution is 9.10. The highest BCUT2D eigenvalue weighted by Gasteiger charge is 2.21. The molecule has 0 saturated carbocycles. The number of carbonyl (C=O) groups is 2. The third kappa shape index (κ3) is 8.73. The molecule has 0 bridgehead atoms. The van der Waals surface area contributed by atoms with Gasteiger partial charge in [-0.2, -0.15) is 0 Å². The molecule has 1 aliphatic heterocycles. The van der Waals surface area contributed by atoms with Crippen molar-refractivity contribution in [3.05, 3.63) is 69.7 Å². The third-order valence-electron chi connectivity index (χ3n) is 4.98. The molecular weight excluding hydrogens is 474 g/mol. The predicted octanol–water partition coefficient (Wildman–Crippen LogP) is 4.55. The molecule has 0 unspecified atom stereocenters. The van der Waals surface area contributed by atoms with Crippen LogP contribution in [0.4, 0.5) is 0 Å². The number of aliphatic hydroxyl groups is 1. The van der Waals surface area contributed by atoms with Gasteiger partial charge in [0, 0.05) is 10.5 Å². The lowest BCUT2D eigenvalue weighted by Crippen LogP contribution is -2.24. The van der Waals surface area contributed by atoms with Gasteiger partial charge in [0.25, 0.3) is 0 Å². The maximum absolute atomic E-state index is 12.0. The van der Waals surface area contributed by atoms with E-state index in [0.717, 1.165) is 28.6 Å². The molecule has 0 radical (unpaired) electrons. The minimum atomic E-state index is -0.876. The summed E-state index contributed by atoms with van der Waals surface area (Å²) in [6, 6.07) is 14.6. The van der Waals surface area contributed by atoms with Crippen molar-refractivity contribution in [3.63, 3.8) is 0 Å². The number of carboxylic acids is 1. The molecule has 2 aromatic carbocycles. The lowest BCUT2D eigenvalue weighted by molar-refractivity contribution is -0.138. The summed E-state index contributed by atoms with van der Waals surface area (Å²) in [7, 11) is 0. The van der Waals surface area contributed by atoms with Gasteiger partial charge in [0.2, 0.25) is 0 Å². The third-order valence-corrected chi connectivity index (χ3v) is 5.51. The molecule has 3 N–H and O–H groups in total. The minimum Gasteiger partial charge on any atom is -0.481 e. The van der Waals surface area contributed by atoms with E-state index in [0.29, 0.717) is 24.6 Å². The Hall–Kier alpha value is -2.22. The van der Waals surface area contributed by atoms with Gasteiger partial charge in [-0.3, -0.25) is 4.79 Å². The van der Waals surface area contributed by atoms with Gasteiger partial charge in [0.15, 0.2) is 0 Å². The molecule has 0 amide bonds. The zero-order valence-electron chi connectivity index (χ0n) is 18.8. The quantitative estimate of drug-likeness (QED) is 0.498. The Balaban J connectivity index is 0.000000439. The molecule has 2 aromatic rings. The summed E-state index contributed by atoms with van der Waals surface area (Å²) in [5, 5.41) is 21.2. The van der Waals surface area contributed by atoms with Crippen LogP contribution in [0.15, 0.2) is 53.0 Å². The average Bonchev–Trinajstić information content (AvgIpc) is 3.26. The van der Waals surface area contributed by atoms with Gasteiger partial charge in [-0.15, -0.1) is 0 Å². The molecule has 1 aliphatic rings. The number of ether oxygens (including phenoxy) is 1. The molecule has 0 aliphatic carbocycles. The second-order valence-electron chi connectivity index (χ2n) is 8.82. The zero-order valence-corrected chi connectivity index (χ0v) is 20.4. The van der Waals surface area contributed by atoms with Gasteiger partial charge < -0.3 is 20.3 Å². The Morgan fingerprint density at radius 2 is 1.75 bits per heavy atom. The summed E-state index contributed by atoms with van der Waals surface area (Å²) >= 11 is 3.35. The highest BCUT2D eigenvalue weighted by Crippen LogP contribution is 2.24. The van der Waals surface area contributed by atoms with Gasteiger partial charge in [-0.25, -0.2) is 4.79 Å². The van der Waals surface area contributed by atoms with Gasteiger partial charge in [-0.05, 0) is 82.0 Å². The van der Waals surface area contributed by atoms with E-state index < -0.39 is 17.5 Å². The standard InChI is InChI=1S/C20H21BrO4.C5H11NO/c1-20(2,3)25-19(24)15-6-4-13(5-7-15)12-17(18(22)23)14-8-10-16(21)11-9-14;7-4-5-2-1-3-6-5/h4-11,17H,12H2,1-3H3,(H,22,23);5-7H,1-4H2/t17-;5-/m10/s1. The van der Waals surface area contributed by atoms with Crippen molar-refractivity contribution in [1.29, 1.82) is 0 Å². The van der Waals surface area contributed by atoms with Crippen LogP contribution in [0.1, 0.15) is 61.0 Å². The Bertz CT molecular complexity index is 869. The van der Waals surface area contributed by atoms with Crippen LogP contribution in [0, 0.1) is 0 Å². The number of esters is 1. The lowest BCUT2D eigenvalue weighted by Gasteiger charge is -2.19. The number of carbonyl (C=O) groups excluding carboxylic acids is 1. The molecule has 0 aromatic heterocycles. The van der Waals surface area contributed by atoms with Crippen LogP contribution in [0.2, 0.25) is 0 Å². The fraction of sp³-hybridized carbons (Fsp3) is 0.440. The van der Waals surface area contributed by atoms with Gasteiger partial charge in [0.1, 0.15) is 5.60 Å². The number of rotatable bonds is 6. The first-order chi connectivity index (χ1) is 15.1. The van der Waals surface area contributed by atoms with Crippen molar-refractivity contribution in [2.24, 2.45) is 0 Å². The molecule has 174 valence electrons. The molecule has 1 saturated heterocycles. The Labute approximate surface area is 198 Å². The number of hydrogen-bond acceptors (Lipinski definition) is 5. The van der Waals surface area contributed by atoms with Crippen molar-refractivity contribution in [1.82, 2.24) is 5.32 Å². The van der Waals surface area contributed by atoms with Crippen molar-refractivity contribution in [3.8, 4) is 0 Å². The second kappa shape index (κ2) is 12.1. The van der Waals surface area contributed by atoms with E-state index in [1.54, 1.807) is 36.4 Å². The van der Waals surface area contributed by atoms with E-state index in [2.05, 4.69) is 21.2 Å². The first-order valence-corrected chi connectivity index (χ1v) is 11.5. The van der Waals surface area contributed by atoms with Crippen LogP contribution < -0.4 is 5.32 Å². The summed E-state index contributed by atoms with van der Waals surface area (Å²) in [6.45, 7) is 6.84. The Morgan fingerprint density at radius 3 is 2.19 bits per heavy atom. The number of carboxylic acid groups (broad SMARTS) is 1. The summed E-state index contributed by atoms with van der Waals surface area (Å²) in [4.78, 5) is 23.7. The number of benzene rings is 2. The topological polar surface area (TPSA) is 95.9 Å². The first-order valence-electron chi connectivity index (χ1n) is 10.7. The van der Waals surface area contributed by atoms with E-state index in [4.69, 9.17) is 9.84 Å². The largest absolute Gasteiger partial charge is 0.481 e. The van der Waals surface area contributed by atoms with Gasteiger partial charge in [0.05, 0.1) is 18.1 Å². The Kier molecular flexibility index (Phi) is 9.87. The van der Waals surface area contributed by atoms with Gasteiger partial charge in [-0.1, -0.05) is 40.2 Å². The van der Waals surface area contributed by atoms with E-state index in [-0.39, 0.29) is 5.97 Å². The minimum absolute atomic E-state index is 0.306. The number of hydrogen-bond donors (Lipinski definition) is 3. The molecule has 7 heteroatoms. The molecule has 3 rings (SSSR count). The SMILES string of the molecule is CC(C)(C)OC(=O)c1ccc(C[C@@H](C(=O)O)c2ccc(Br)cc2)cc1.OC[C@@H]1CCCN1. The van der Waals surface area contributed by atoms with Crippen LogP contribution in [0.25, 0.3) is 0 Å². The monoisotopic (exact) mass is 505 g/mol. The molecule has 1 heterocycles. The summed E-state index contributed by atoms with van der Waals surface area (Å²) in [5.41, 5.74) is 1.50. The maximum Gasteiger partial charge on any atom is 0.338 e. The van der Waals surface area contributed by atoms with Crippen LogP contribution in [0.3, 0.4) is 0 Å². The number of halogens is 1. The number of nitrogens with one attached hydrogen (secondary N) is 1. The van der Waals surface area contributed by atoms with Crippen LogP contribution in [-0.2, 0) is 16.0 Å². The highest BCUT2D eigenvalue weighted by atomic mass is 79.9. The van der Waals surface area contributed by atoms with E-state index in [1.807, 2.05) is 32.9 Å². The normalized spacial score (nSPS) is 16.6. The molecule has 32 heavy (non-hydrogen) atoms. The first kappa shape index (κ1) is 26.0. The number of aliphatic carboxylic acids is 1. The summed E-state index contributed by atoms with van der Waals surface area (Å²) < 4.78 is 6.23. The molecule has 1 fully saturated rings. The number of aliphatic hydroxyl groups excluding tert-OH is 1. The smallest absolute Gasteiger partial charge is 0.338 e. The van der Waals surface area contributed by atoms with E-state index >= 15 is 0 Å². The van der Waals surface area contributed by atoms with Crippen LogP contribution in [0.5, 0.6) is 0 Å². The van der Waals surface area contributed by atoms with Crippen molar-refractivity contribution >= 4 is 27.9 Å². The Morgan fingerprint density at radius 1 is 1.12 bits per heavy atom. The van der Waals surface area contributed by atoms with Gasteiger partial charge >= 0.3 is 11.9 Å². The second-order valence-corrected chi connectivity index (χ2v) is 9.74. The summed E-state index contributed by atoms with van der Waals surface area (Å²) in [6.07, 6.45) is 2.73. The van der Waals surface area contributed by atoms with Crippen molar-refractivity contribution in [2.75, 3.05) is 13.2 Å². The predicted molar refractivity (Wildman–Crippen MR) is 128 cm³/mol. The van der Waals surface area contributed by atoms with Crippen LogP contribution in [-0.4, -0.2) is 46.9 Å². The molecule has 6 nitrogen and oxygen atoms in total. The lowest BCUT2D eigenvalue weighted by atomic mass is 9.92. The van der Waals surface area contributed by atoms with E-state index in [1.165, 1.54) is 6.42 Å². The average molecular weight is 506 g/mol. The molecule has 0 spiro atoms. The fourth-order valence-electron chi connectivity index (χ4n) is 3.31. The van der Waals surface area contributed by atoms with E-state index in [9.17, 15) is 14.7 Å². The molecular formula is C25H32BrNO5. The van der Waals surface area contributed by atoms with Crippen LogP contribution >= 0.6 is 15.9 Å². The van der Waals surface area contributed by atoms with Crippen molar-refractivity contribution < 1.29 is 24.5 Å². The zero-order chi connectivity index (χ0) is 23.7. The maximum atomic E-state index is 12.0. The molecule has 2 atom stereocenters. The summed E-state index contributed by atoms with van der Waals surface area (Å²) in [5.74, 6) is -1.90.